The Labute approximate surface area is 124 Å². The highest BCUT2D eigenvalue weighted by atomic mass is 32.2. The van der Waals surface area contributed by atoms with Crippen molar-refractivity contribution >= 4 is 40.0 Å². The number of benzene rings is 1. The highest BCUT2D eigenvalue weighted by Gasteiger charge is 2.12. The van der Waals surface area contributed by atoms with Gasteiger partial charge in [-0.2, -0.15) is 5.26 Å². The third kappa shape index (κ3) is 3.21. The lowest BCUT2D eigenvalue weighted by atomic mass is 10.2. The summed E-state index contributed by atoms with van der Waals surface area (Å²) in [6, 6.07) is 8.13. The first kappa shape index (κ1) is 14.2. The van der Waals surface area contributed by atoms with Gasteiger partial charge in [-0.25, -0.2) is 0 Å². The summed E-state index contributed by atoms with van der Waals surface area (Å²) in [5, 5.41) is 18.4. The van der Waals surface area contributed by atoms with Crippen molar-refractivity contribution in [2.45, 2.75) is 14.1 Å². The van der Waals surface area contributed by atoms with E-state index in [1.165, 1.54) is 23.1 Å². The highest BCUT2D eigenvalue weighted by molar-refractivity contribution is 8.01. The molecule has 1 aromatic carbocycles. The summed E-state index contributed by atoms with van der Waals surface area (Å²) in [7, 11) is 3.87. The van der Waals surface area contributed by atoms with E-state index >= 15 is 0 Å². The summed E-state index contributed by atoms with van der Waals surface area (Å²) in [6.07, 6.45) is 1.97. The topological polar surface area (TPSA) is 52.8 Å². The third-order valence-electron chi connectivity index (χ3n) is 2.30. The van der Waals surface area contributed by atoms with Gasteiger partial charge in [0, 0.05) is 23.9 Å². The minimum absolute atomic E-state index is 0.710. The second-order valence-electron chi connectivity index (χ2n) is 3.79. The minimum atomic E-state index is 0.710. The van der Waals surface area contributed by atoms with Gasteiger partial charge in [-0.05, 0) is 18.4 Å². The minimum Gasteiger partial charge on any atom is -0.353 e. The van der Waals surface area contributed by atoms with Crippen molar-refractivity contribution in [1.82, 2.24) is 10.2 Å². The molecule has 2 rings (SSSR count). The van der Waals surface area contributed by atoms with Crippen molar-refractivity contribution < 1.29 is 0 Å². The van der Waals surface area contributed by atoms with Crippen LogP contribution in [0, 0.1) is 11.3 Å². The van der Waals surface area contributed by atoms with Crippen LogP contribution in [0.1, 0.15) is 5.56 Å². The lowest BCUT2D eigenvalue weighted by Crippen LogP contribution is -2.07. The van der Waals surface area contributed by atoms with Crippen LogP contribution in [0.4, 0.5) is 5.13 Å². The number of hydrogen-bond acceptors (Lipinski definition) is 7. The molecule has 0 amide bonds. The maximum atomic E-state index is 9.28. The van der Waals surface area contributed by atoms with E-state index in [0.29, 0.717) is 5.56 Å². The lowest BCUT2D eigenvalue weighted by molar-refractivity contribution is 0.972. The Morgan fingerprint density at radius 3 is 2.58 bits per heavy atom. The maximum Gasteiger partial charge on any atom is 0.208 e. The van der Waals surface area contributed by atoms with Gasteiger partial charge in [0.05, 0.1) is 5.56 Å². The van der Waals surface area contributed by atoms with E-state index < -0.39 is 0 Å². The molecule has 1 aromatic heterocycles. The Hall–Kier alpha value is -1.23. The molecule has 0 aliphatic rings. The number of nitriles is 1. The van der Waals surface area contributed by atoms with Gasteiger partial charge in [-0.1, -0.05) is 29.2 Å². The standard InChI is InChI=1S/C12H12N4S3/c1-16(2)11-14-15-12(19-11)18-10-6-4-5-9(17-3)8(10)7-13/h4-6H,1-3H3. The van der Waals surface area contributed by atoms with Gasteiger partial charge < -0.3 is 4.90 Å². The second kappa shape index (κ2) is 6.28. The fourth-order valence-electron chi connectivity index (χ4n) is 1.39. The van der Waals surface area contributed by atoms with E-state index in [4.69, 9.17) is 0 Å². The van der Waals surface area contributed by atoms with Gasteiger partial charge in [0.25, 0.3) is 0 Å². The highest BCUT2D eigenvalue weighted by Crippen LogP contribution is 2.36. The van der Waals surface area contributed by atoms with Crippen molar-refractivity contribution in [3.05, 3.63) is 23.8 Å². The number of aromatic nitrogens is 2. The Bertz CT molecular complexity index is 616. The smallest absolute Gasteiger partial charge is 0.208 e. The van der Waals surface area contributed by atoms with E-state index in [1.54, 1.807) is 11.8 Å². The molecule has 19 heavy (non-hydrogen) atoms. The predicted molar refractivity (Wildman–Crippen MR) is 81.3 cm³/mol. The quantitative estimate of drug-likeness (QED) is 0.807. The molecule has 0 fully saturated rings. The number of thioether (sulfide) groups is 1. The molecule has 0 bridgehead atoms. The average molecular weight is 308 g/mol. The van der Waals surface area contributed by atoms with Crippen LogP contribution >= 0.6 is 34.9 Å². The molecule has 0 saturated carbocycles. The van der Waals surface area contributed by atoms with E-state index in [2.05, 4.69) is 16.3 Å². The summed E-state index contributed by atoms with van der Waals surface area (Å²) in [5.74, 6) is 0. The van der Waals surface area contributed by atoms with Crippen LogP contribution in [0.3, 0.4) is 0 Å². The third-order valence-corrected chi connectivity index (χ3v) is 5.28. The average Bonchev–Trinajstić information content (AvgIpc) is 2.87. The summed E-state index contributed by atoms with van der Waals surface area (Å²) in [5.41, 5.74) is 0.710. The molecule has 0 N–H and O–H groups in total. The molecular formula is C12H12N4S3. The van der Waals surface area contributed by atoms with Crippen LogP contribution in [-0.4, -0.2) is 30.5 Å². The van der Waals surface area contributed by atoms with Crippen LogP contribution in [0.5, 0.6) is 0 Å². The summed E-state index contributed by atoms with van der Waals surface area (Å²) in [6.45, 7) is 0. The van der Waals surface area contributed by atoms with Crippen LogP contribution in [-0.2, 0) is 0 Å². The monoisotopic (exact) mass is 308 g/mol. The summed E-state index contributed by atoms with van der Waals surface area (Å²) in [4.78, 5) is 3.84. The fraction of sp³-hybridized carbons (Fsp3) is 0.250. The Morgan fingerprint density at radius 2 is 2.00 bits per heavy atom. The van der Waals surface area contributed by atoms with E-state index in [-0.39, 0.29) is 0 Å². The van der Waals surface area contributed by atoms with Crippen molar-refractivity contribution in [3.8, 4) is 6.07 Å². The molecule has 7 heteroatoms. The molecule has 98 valence electrons. The normalized spacial score (nSPS) is 10.2. The molecule has 2 aromatic rings. The van der Waals surface area contributed by atoms with Gasteiger partial charge in [-0.3, -0.25) is 0 Å². The van der Waals surface area contributed by atoms with Gasteiger partial charge in [0.2, 0.25) is 5.13 Å². The Kier molecular flexibility index (Phi) is 4.69. The summed E-state index contributed by atoms with van der Waals surface area (Å²) < 4.78 is 0.846. The largest absolute Gasteiger partial charge is 0.353 e. The first-order valence-corrected chi connectivity index (χ1v) is 8.27. The molecule has 1 heterocycles. The molecule has 0 saturated heterocycles. The Balaban J connectivity index is 2.30. The van der Waals surface area contributed by atoms with E-state index in [1.807, 2.05) is 43.5 Å². The van der Waals surface area contributed by atoms with Crippen molar-refractivity contribution in [2.24, 2.45) is 0 Å². The fourth-order valence-corrected chi connectivity index (χ4v) is 3.87. The van der Waals surface area contributed by atoms with Gasteiger partial charge >= 0.3 is 0 Å². The second-order valence-corrected chi connectivity index (χ2v) is 6.89. The SMILES string of the molecule is CSc1cccc(Sc2nnc(N(C)C)s2)c1C#N. The first-order valence-electron chi connectivity index (χ1n) is 5.41. The van der Waals surface area contributed by atoms with E-state index in [9.17, 15) is 5.26 Å². The number of hydrogen-bond donors (Lipinski definition) is 0. The predicted octanol–water partition coefficient (Wildman–Crippen LogP) is 3.35. The molecule has 0 unspecified atom stereocenters. The van der Waals surface area contributed by atoms with Gasteiger partial charge in [0.15, 0.2) is 4.34 Å². The number of rotatable bonds is 4. The van der Waals surface area contributed by atoms with E-state index in [0.717, 1.165) is 19.3 Å². The zero-order valence-corrected chi connectivity index (χ0v) is 13.2. The van der Waals surface area contributed by atoms with Crippen molar-refractivity contribution in [3.63, 3.8) is 0 Å². The van der Waals surface area contributed by atoms with Crippen molar-refractivity contribution in [1.29, 1.82) is 5.26 Å². The van der Waals surface area contributed by atoms with Crippen LogP contribution in [0.2, 0.25) is 0 Å². The molecule has 0 aliphatic carbocycles. The molecule has 4 nitrogen and oxygen atoms in total. The van der Waals surface area contributed by atoms with Gasteiger partial charge in [0.1, 0.15) is 6.07 Å². The molecular weight excluding hydrogens is 296 g/mol. The molecule has 0 radical (unpaired) electrons. The van der Waals surface area contributed by atoms with Crippen molar-refractivity contribution in [2.75, 3.05) is 25.3 Å². The van der Waals surface area contributed by atoms with Crippen LogP contribution in [0.15, 0.2) is 32.3 Å². The van der Waals surface area contributed by atoms with Gasteiger partial charge in [-0.15, -0.1) is 22.0 Å². The zero-order valence-electron chi connectivity index (χ0n) is 10.7. The maximum absolute atomic E-state index is 9.28. The molecule has 0 aliphatic heterocycles. The zero-order chi connectivity index (χ0) is 13.8. The molecule has 0 atom stereocenters. The van der Waals surface area contributed by atoms with Crippen LogP contribution < -0.4 is 4.90 Å². The summed E-state index contributed by atoms with van der Waals surface area (Å²) >= 11 is 4.59. The van der Waals surface area contributed by atoms with Crippen LogP contribution in [0.25, 0.3) is 0 Å². The number of nitrogens with zero attached hydrogens (tertiary/aromatic N) is 4. The lowest BCUT2D eigenvalue weighted by Gasteiger charge is -2.05. The molecule has 0 spiro atoms. The number of anilines is 1. The Morgan fingerprint density at radius 1 is 1.26 bits per heavy atom. The first-order chi connectivity index (χ1) is 9.15.